The van der Waals surface area contributed by atoms with Crippen molar-refractivity contribution in [3.05, 3.63) is 59.4 Å². The number of alkyl carbamates (subject to hydrolysis) is 1. The topological polar surface area (TPSA) is 63.4 Å². The number of H-pyrrole nitrogens is 1. The minimum Gasteiger partial charge on any atom is -0.446 e. The van der Waals surface area contributed by atoms with Gasteiger partial charge in [0.1, 0.15) is 23.6 Å². The van der Waals surface area contributed by atoms with Crippen molar-refractivity contribution in [3.8, 4) is 11.3 Å². The molecule has 1 saturated carbocycles. The van der Waals surface area contributed by atoms with Crippen LogP contribution in [0.5, 0.6) is 0 Å². The maximum atomic E-state index is 14.4. The van der Waals surface area contributed by atoms with E-state index < -0.39 is 17.7 Å². The van der Waals surface area contributed by atoms with Crippen LogP contribution in [0.15, 0.2) is 36.4 Å². The van der Waals surface area contributed by atoms with Gasteiger partial charge in [-0.1, -0.05) is 0 Å². The van der Waals surface area contributed by atoms with Crippen LogP contribution in [-0.2, 0) is 9.47 Å². The molecule has 1 aliphatic heterocycles. The number of carbonyl (C=O) groups excluding carboxylic acids is 1. The summed E-state index contributed by atoms with van der Waals surface area (Å²) < 4.78 is 52.5. The second-order valence-corrected chi connectivity index (χ2v) is 8.13. The summed E-state index contributed by atoms with van der Waals surface area (Å²) in [5.74, 6) is -1.78. The number of amides is 1. The van der Waals surface area contributed by atoms with E-state index in [4.69, 9.17) is 9.47 Å². The van der Waals surface area contributed by atoms with Crippen molar-refractivity contribution in [1.82, 2.24) is 10.3 Å². The highest BCUT2D eigenvalue weighted by Gasteiger charge is 2.37. The molecule has 2 aromatic carbocycles. The third-order valence-corrected chi connectivity index (χ3v) is 6.03. The average molecular weight is 430 g/mol. The summed E-state index contributed by atoms with van der Waals surface area (Å²) in [6.45, 7) is 1.10. The lowest BCUT2D eigenvalue weighted by Gasteiger charge is -2.35. The molecule has 2 N–H and O–H groups in total. The van der Waals surface area contributed by atoms with E-state index in [-0.39, 0.29) is 29.4 Å². The van der Waals surface area contributed by atoms with Crippen LogP contribution in [0.2, 0.25) is 0 Å². The van der Waals surface area contributed by atoms with Gasteiger partial charge < -0.3 is 19.8 Å². The van der Waals surface area contributed by atoms with Crippen molar-refractivity contribution in [1.29, 1.82) is 0 Å². The number of rotatable bonds is 4. The molecule has 2 fully saturated rings. The maximum absolute atomic E-state index is 14.4. The summed E-state index contributed by atoms with van der Waals surface area (Å²) in [5.41, 5.74) is 2.26. The number of halogens is 3. The number of aromatic amines is 1. The number of fused-ring (bicyclic) bond motifs is 1. The first-order valence-electron chi connectivity index (χ1n) is 10.3. The number of ether oxygens (including phenoxy) is 2. The highest BCUT2D eigenvalue weighted by molar-refractivity contribution is 5.92. The highest BCUT2D eigenvalue weighted by Crippen LogP contribution is 2.46. The summed E-state index contributed by atoms with van der Waals surface area (Å²) in [7, 11) is 0. The van der Waals surface area contributed by atoms with Gasteiger partial charge in [-0.05, 0) is 66.6 Å². The van der Waals surface area contributed by atoms with E-state index in [1.54, 1.807) is 12.1 Å². The Labute approximate surface area is 176 Å². The number of carbonyl (C=O) groups is 1. The lowest BCUT2D eigenvalue weighted by Crippen LogP contribution is -2.40. The molecule has 1 aliphatic carbocycles. The lowest BCUT2D eigenvalue weighted by molar-refractivity contribution is 0.0377. The van der Waals surface area contributed by atoms with E-state index >= 15 is 0 Å². The Kier molecular flexibility index (Phi) is 5.09. The van der Waals surface area contributed by atoms with Gasteiger partial charge >= 0.3 is 6.09 Å². The quantitative estimate of drug-likeness (QED) is 0.612. The van der Waals surface area contributed by atoms with Crippen LogP contribution in [0.4, 0.5) is 18.0 Å². The minimum atomic E-state index is -0.685. The molecule has 0 unspecified atom stereocenters. The average Bonchev–Trinajstić information content (AvgIpc) is 3.33. The molecular weight excluding hydrogens is 409 g/mol. The summed E-state index contributed by atoms with van der Waals surface area (Å²) in [5, 5.41) is 3.24. The number of aromatic nitrogens is 1. The number of hydrogen-bond acceptors (Lipinski definition) is 3. The van der Waals surface area contributed by atoms with Gasteiger partial charge in [0, 0.05) is 18.1 Å². The normalized spacial score (nSPS) is 23.0. The maximum Gasteiger partial charge on any atom is 0.407 e. The smallest absolute Gasteiger partial charge is 0.407 e. The third-order valence-electron chi connectivity index (χ3n) is 6.03. The zero-order valence-electron chi connectivity index (χ0n) is 16.6. The van der Waals surface area contributed by atoms with Crippen molar-refractivity contribution in [2.75, 3.05) is 13.2 Å². The SMILES string of the molecule is O=C(N[C@H]1CCOC1)O[C@H]1C[C@H](c2c(-c3ccc(F)cc3)[nH]c3c(F)cc(F)cc32)C1. The molecule has 2 heterocycles. The van der Waals surface area contributed by atoms with E-state index in [9.17, 15) is 18.0 Å². The molecule has 2 aliphatic rings. The molecule has 31 heavy (non-hydrogen) atoms. The van der Waals surface area contributed by atoms with Gasteiger partial charge in [-0.3, -0.25) is 0 Å². The monoisotopic (exact) mass is 430 g/mol. The summed E-state index contributed by atoms with van der Waals surface area (Å²) >= 11 is 0. The van der Waals surface area contributed by atoms with Crippen LogP contribution in [0, 0.1) is 17.5 Å². The van der Waals surface area contributed by atoms with E-state index in [0.29, 0.717) is 42.7 Å². The third kappa shape index (κ3) is 3.87. The molecule has 1 atom stereocenters. The Balaban J connectivity index is 1.39. The van der Waals surface area contributed by atoms with Crippen LogP contribution in [0.3, 0.4) is 0 Å². The van der Waals surface area contributed by atoms with Crippen molar-refractivity contribution in [3.63, 3.8) is 0 Å². The summed E-state index contributed by atoms with van der Waals surface area (Å²) in [4.78, 5) is 15.1. The summed E-state index contributed by atoms with van der Waals surface area (Å²) in [6, 6.07) is 7.95. The Bertz CT molecular complexity index is 1120. The first-order chi connectivity index (χ1) is 15.0. The Morgan fingerprint density at radius 2 is 1.87 bits per heavy atom. The molecule has 8 heteroatoms. The van der Waals surface area contributed by atoms with Gasteiger partial charge in [0.15, 0.2) is 0 Å². The molecule has 1 amide bonds. The molecule has 1 aromatic heterocycles. The first kappa shape index (κ1) is 19.9. The molecule has 0 spiro atoms. The van der Waals surface area contributed by atoms with E-state index in [1.807, 2.05) is 0 Å². The van der Waals surface area contributed by atoms with Crippen LogP contribution in [0.25, 0.3) is 22.2 Å². The number of benzene rings is 2. The standard InChI is InChI=1S/C23H21F3N2O3/c24-14-3-1-12(2-4-14)21-20(18-9-15(25)10-19(26)22(18)28-21)13-7-17(8-13)31-23(29)27-16-5-6-30-11-16/h1-4,9-10,13,16-17,28H,5-8,11H2,(H,27,29)/t13-,16-,17-/m0/s1. The number of nitrogens with one attached hydrogen (secondary N) is 2. The van der Waals surface area contributed by atoms with Crippen LogP contribution in [0.1, 0.15) is 30.7 Å². The molecule has 5 rings (SSSR count). The first-order valence-corrected chi connectivity index (χ1v) is 10.3. The molecule has 0 radical (unpaired) electrons. The molecular formula is C23H21F3N2O3. The van der Waals surface area contributed by atoms with E-state index in [0.717, 1.165) is 18.1 Å². The minimum absolute atomic E-state index is 0.0342. The fourth-order valence-electron chi connectivity index (χ4n) is 4.41. The van der Waals surface area contributed by atoms with Crippen molar-refractivity contribution in [2.24, 2.45) is 0 Å². The van der Waals surface area contributed by atoms with Crippen LogP contribution in [-0.4, -0.2) is 36.4 Å². The highest BCUT2D eigenvalue weighted by atomic mass is 19.1. The fraction of sp³-hybridized carbons (Fsp3) is 0.348. The second-order valence-electron chi connectivity index (χ2n) is 8.13. The zero-order valence-corrected chi connectivity index (χ0v) is 16.6. The molecule has 3 aromatic rings. The van der Waals surface area contributed by atoms with Gasteiger partial charge in [-0.25, -0.2) is 18.0 Å². The van der Waals surface area contributed by atoms with Crippen molar-refractivity contribution in [2.45, 2.75) is 37.3 Å². The van der Waals surface area contributed by atoms with Crippen LogP contribution >= 0.6 is 0 Å². The lowest BCUT2D eigenvalue weighted by atomic mass is 9.75. The van der Waals surface area contributed by atoms with Gasteiger partial charge in [-0.15, -0.1) is 0 Å². The molecule has 0 bridgehead atoms. The van der Waals surface area contributed by atoms with Gasteiger partial charge in [0.05, 0.1) is 23.9 Å². The summed E-state index contributed by atoms with van der Waals surface area (Å²) in [6.07, 6.45) is 1.07. The van der Waals surface area contributed by atoms with Crippen molar-refractivity contribution >= 4 is 17.0 Å². The van der Waals surface area contributed by atoms with E-state index in [2.05, 4.69) is 10.3 Å². The fourth-order valence-corrected chi connectivity index (χ4v) is 4.41. The van der Waals surface area contributed by atoms with Gasteiger partial charge in [0.2, 0.25) is 0 Å². The van der Waals surface area contributed by atoms with Crippen molar-refractivity contribution < 1.29 is 27.4 Å². The van der Waals surface area contributed by atoms with E-state index in [1.165, 1.54) is 18.2 Å². The van der Waals surface area contributed by atoms with Gasteiger partial charge in [-0.2, -0.15) is 0 Å². The Morgan fingerprint density at radius 1 is 1.10 bits per heavy atom. The molecule has 162 valence electrons. The largest absolute Gasteiger partial charge is 0.446 e. The second kappa shape index (κ2) is 7.92. The Hall–Kier alpha value is -3.00. The van der Waals surface area contributed by atoms with Crippen LogP contribution < -0.4 is 5.32 Å². The predicted molar refractivity (Wildman–Crippen MR) is 108 cm³/mol. The van der Waals surface area contributed by atoms with Gasteiger partial charge in [0.25, 0.3) is 0 Å². The molecule has 5 nitrogen and oxygen atoms in total. The zero-order chi connectivity index (χ0) is 21.5. The Morgan fingerprint density at radius 3 is 2.58 bits per heavy atom. The predicted octanol–water partition coefficient (Wildman–Crippen LogP) is 5.01. The number of hydrogen-bond donors (Lipinski definition) is 2. The molecule has 1 saturated heterocycles.